The maximum absolute atomic E-state index is 13.4. The van der Waals surface area contributed by atoms with Crippen LogP contribution in [-0.2, 0) is 6.54 Å². The lowest BCUT2D eigenvalue weighted by molar-refractivity contribution is 0.102. The molecule has 5 aromatic rings. The van der Waals surface area contributed by atoms with Crippen LogP contribution in [0.15, 0.2) is 77.6 Å². The van der Waals surface area contributed by atoms with Gasteiger partial charge in [-0.1, -0.05) is 18.2 Å². The van der Waals surface area contributed by atoms with Crippen LogP contribution in [0.5, 0.6) is 23.0 Å². The number of hydrogen-bond donors (Lipinski definition) is 2. The molecule has 2 N–H and O–H groups in total. The second-order valence-corrected chi connectivity index (χ2v) is 10.3. The lowest BCUT2D eigenvalue weighted by Crippen LogP contribution is -2.24. The first kappa shape index (κ1) is 29.5. The number of amides is 1. The normalized spacial score (nSPS) is 11.1. The van der Waals surface area contributed by atoms with Gasteiger partial charge in [0.25, 0.3) is 5.91 Å². The number of nitrogens with one attached hydrogen (secondary N) is 2. The fraction of sp³-hybridized carbons (Fsp3) is 0.235. The van der Waals surface area contributed by atoms with Gasteiger partial charge in [-0.05, 0) is 79.7 Å². The molecule has 5 rings (SSSR count). The van der Waals surface area contributed by atoms with E-state index in [4.69, 9.17) is 18.9 Å². The van der Waals surface area contributed by atoms with Crippen molar-refractivity contribution >= 4 is 33.4 Å². The summed E-state index contributed by atoms with van der Waals surface area (Å²) in [6, 6.07) is 21.9. The van der Waals surface area contributed by atoms with Crippen LogP contribution in [0.2, 0.25) is 0 Å². The molecule has 9 nitrogen and oxygen atoms in total. The summed E-state index contributed by atoms with van der Waals surface area (Å²) in [5, 5.41) is 3.92. The fourth-order valence-corrected chi connectivity index (χ4v) is 5.10. The number of aromatic amines is 1. The van der Waals surface area contributed by atoms with E-state index >= 15 is 0 Å². The lowest BCUT2D eigenvalue weighted by Gasteiger charge is -2.18. The highest BCUT2D eigenvalue weighted by atomic mass is 16.5. The van der Waals surface area contributed by atoms with Crippen molar-refractivity contribution in [2.45, 2.75) is 13.5 Å². The number of nitrogens with zero attached hydrogens (tertiary/aromatic N) is 1. The highest BCUT2D eigenvalue weighted by Crippen LogP contribution is 2.29. The molecule has 222 valence electrons. The summed E-state index contributed by atoms with van der Waals surface area (Å²) >= 11 is 0. The number of aromatic nitrogens is 1. The molecule has 0 aliphatic heterocycles. The second-order valence-electron chi connectivity index (χ2n) is 10.3. The first-order valence-electron chi connectivity index (χ1n) is 13.9. The van der Waals surface area contributed by atoms with Gasteiger partial charge >= 0.3 is 0 Å². The Morgan fingerprint density at radius 2 is 1.56 bits per heavy atom. The van der Waals surface area contributed by atoms with E-state index in [9.17, 15) is 9.59 Å². The molecule has 0 aliphatic rings. The van der Waals surface area contributed by atoms with Gasteiger partial charge in [0, 0.05) is 29.5 Å². The van der Waals surface area contributed by atoms with Crippen LogP contribution in [0.25, 0.3) is 21.8 Å². The smallest absolute Gasteiger partial charge is 0.257 e. The van der Waals surface area contributed by atoms with E-state index in [0.717, 1.165) is 17.7 Å². The summed E-state index contributed by atoms with van der Waals surface area (Å²) < 4.78 is 22.2. The van der Waals surface area contributed by atoms with E-state index in [2.05, 4.69) is 15.2 Å². The van der Waals surface area contributed by atoms with Crippen molar-refractivity contribution in [2.24, 2.45) is 0 Å². The number of ether oxygens (including phenoxy) is 4. The SMILES string of the molecule is COc1ccc(CN(C)CCOc2ccc(NC(=O)c3cccc4c(=O)c5cccc(OC)c5[nH]c34)c(C)c2)cc1OC. The van der Waals surface area contributed by atoms with Crippen molar-refractivity contribution in [1.29, 1.82) is 0 Å². The first-order chi connectivity index (χ1) is 20.8. The maximum atomic E-state index is 13.4. The van der Waals surface area contributed by atoms with Crippen molar-refractivity contribution in [3.8, 4) is 23.0 Å². The summed E-state index contributed by atoms with van der Waals surface area (Å²) in [6.45, 7) is 3.85. The van der Waals surface area contributed by atoms with Crippen LogP contribution in [0.1, 0.15) is 21.5 Å². The molecule has 0 spiro atoms. The third-order valence-electron chi connectivity index (χ3n) is 7.38. The maximum Gasteiger partial charge on any atom is 0.257 e. The average Bonchev–Trinajstić information content (AvgIpc) is 3.01. The molecule has 1 amide bonds. The Morgan fingerprint density at radius 1 is 0.837 bits per heavy atom. The minimum absolute atomic E-state index is 0.163. The Labute approximate surface area is 249 Å². The number of aryl methyl sites for hydroxylation is 1. The second kappa shape index (κ2) is 12.9. The minimum Gasteiger partial charge on any atom is -0.495 e. The van der Waals surface area contributed by atoms with Gasteiger partial charge < -0.3 is 29.2 Å². The molecule has 0 radical (unpaired) electrons. The molecule has 0 aliphatic carbocycles. The topological polar surface area (TPSA) is 102 Å². The molecule has 9 heteroatoms. The fourth-order valence-electron chi connectivity index (χ4n) is 5.10. The number of anilines is 1. The van der Waals surface area contributed by atoms with Crippen LogP contribution in [0, 0.1) is 6.92 Å². The predicted octanol–water partition coefficient (Wildman–Crippen LogP) is 5.78. The van der Waals surface area contributed by atoms with Gasteiger partial charge in [0.15, 0.2) is 16.9 Å². The largest absolute Gasteiger partial charge is 0.495 e. The monoisotopic (exact) mass is 581 g/mol. The summed E-state index contributed by atoms with van der Waals surface area (Å²) in [5.41, 5.74) is 3.82. The van der Waals surface area contributed by atoms with Gasteiger partial charge in [0.05, 0.1) is 37.9 Å². The number of carbonyl (C=O) groups excluding carboxylic acids is 1. The van der Waals surface area contributed by atoms with Gasteiger partial charge in [-0.15, -0.1) is 0 Å². The summed E-state index contributed by atoms with van der Waals surface area (Å²) in [7, 11) is 6.83. The van der Waals surface area contributed by atoms with Gasteiger partial charge in [0.2, 0.25) is 0 Å². The number of carbonyl (C=O) groups is 1. The Kier molecular flexibility index (Phi) is 8.82. The van der Waals surface area contributed by atoms with Crippen LogP contribution < -0.4 is 29.7 Å². The molecule has 0 fully saturated rings. The first-order valence-corrected chi connectivity index (χ1v) is 13.9. The molecular formula is C34H35N3O6. The highest BCUT2D eigenvalue weighted by Gasteiger charge is 2.17. The molecule has 0 atom stereocenters. The minimum atomic E-state index is -0.330. The number of fused-ring (bicyclic) bond motifs is 2. The molecular weight excluding hydrogens is 546 g/mol. The zero-order valence-electron chi connectivity index (χ0n) is 24.9. The third-order valence-corrected chi connectivity index (χ3v) is 7.38. The molecule has 0 bridgehead atoms. The van der Waals surface area contributed by atoms with E-state index < -0.39 is 0 Å². The van der Waals surface area contributed by atoms with Crippen LogP contribution in [0.3, 0.4) is 0 Å². The molecule has 4 aromatic carbocycles. The summed E-state index contributed by atoms with van der Waals surface area (Å²) in [4.78, 5) is 32.1. The van der Waals surface area contributed by atoms with Crippen molar-refractivity contribution in [1.82, 2.24) is 9.88 Å². The molecule has 0 saturated carbocycles. The number of H-pyrrole nitrogens is 1. The number of hydrogen-bond acceptors (Lipinski definition) is 7. The van der Waals surface area contributed by atoms with Gasteiger partial charge in [-0.25, -0.2) is 0 Å². The van der Waals surface area contributed by atoms with Crippen molar-refractivity contribution < 1.29 is 23.7 Å². The number of methoxy groups -OCH3 is 3. The number of pyridine rings is 1. The Bertz CT molecular complexity index is 1850. The Balaban J connectivity index is 1.25. The molecule has 1 aromatic heterocycles. The van der Waals surface area contributed by atoms with Gasteiger partial charge in [0.1, 0.15) is 18.1 Å². The molecule has 1 heterocycles. The Hall–Kier alpha value is -5.02. The van der Waals surface area contributed by atoms with Crippen molar-refractivity contribution in [2.75, 3.05) is 46.8 Å². The van der Waals surface area contributed by atoms with Crippen molar-refractivity contribution in [3.05, 3.63) is 99.7 Å². The van der Waals surface area contributed by atoms with E-state index in [1.165, 1.54) is 0 Å². The quantitative estimate of drug-likeness (QED) is 0.191. The zero-order valence-corrected chi connectivity index (χ0v) is 24.9. The van der Waals surface area contributed by atoms with E-state index in [1.807, 2.05) is 50.4 Å². The van der Waals surface area contributed by atoms with Crippen molar-refractivity contribution in [3.63, 3.8) is 0 Å². The predicted molar refractivity (Wildman–Crippen MR) is 169 cm³/mol. The van der Waals surface area contributed by atoms with E-state index in [0.29, 0.717) is 69.2 Å². The number of rotatable bonds is 11. The van der Waals surface area contributed by atoms with Crippen LogP contribution in [-0.4, -0.2) is 57.3 Å². The molecule has 0 saturated heterocycles. The summed E-state index contributed by atoms with van der Waals surface area (Å²) in [6.07, 6.45) is 0. The number of benzene rings is 4. The number of para-hydroxylation sites is 2. The Morgan fingerprint density at radius 3 is 2.28 bits per heavy atom. The summed E-state index contributed by atoms with van der Waals surface area (Å²) in [5.74, 6) is 2.32. The van der Waals surface area contributed by atoms with E-state index in [-0.39, 0.29) is 11.3 Å². The average molecular weight is 582 g/mol. The van der Waals surface area contributed by atoms with Gasteiger partial charge in [-0.3, -0.25) is 14.5 Å². The van der Waals surface area contributed by atoms with E-state index in [1.54, 1.807) is 57.7 Å². The zero-order chi connectivity index (χ0) is 30.5. The third kappa shape index (κ3) is 6.27. The highest BCUT2D eigenvalue weighted by molar-refractivity contribution is 6.13. The standard InChI is InChI=1S/C34H35N3O6/c1-21-18-23(43-17-16-37(2)20-22-12-15-28(40-3)30(19-22)42-5)13-14-27(21)35-34(39)26-10-6-8-24-31(26)36-32-25(33(24)38)9-7-11-29(32)41-4/h6-15,18-19H,16-17,20H2,1-5H3,(H,35,39)(H,36,38). The number of likely N-dealkylation sites (N-methyl/N-ethyl adjacent to an activating group) is 1. The lowest BCUT2D eigenvalue weighted by atomic mass is 10.0. The van der Waals surface area contributed by atoms with Gasteiger partial charge in [-0.2, -0.15) is 0 Å². The van der Waals surface area contributed by atoms with Crippen LogP contribution in [0.4, 0.5) is 5.69 Å². The molecule has 43 heavy (non-hydrogen) atoms. The molecule has 0 unspecified atom stereocenters. The van der Waals surface area contributed by atoms with Crippen LogP contribution >= 0.6 is 0 Å².